The fourth-order valence-corrected chi connectivity index (χ4v) is 3.56. The first-order valence-electron chi connectivity index (χ1n) is 8.18. The molecule has 5 nitrogen and oxygen atoms in total. The van der Waals surface area contributed by atoms with E-state index < -0.39 is 5.97 Å². The summed E-state index contributed by atoms with van der Waals surface area (Å²) in [5.74, 6) is 0.239. The Morgan fingerprint density at radius 3 is 2.74 bits per heavy atom. The van der Waals surface area contributed by atoms with Crippen molar-refractivity contribution in [2.24, 2.45) is 5.92 Å². The van der Waals surface area contributed by atoms with Gasteiger partial charge in [-0.1, -0.05) is 12.1 Å². The van der Waals surface area contributed by atoms with Gasteiger partial charge in [0, 0.05) is 25.2 Å². The van der Waals surface area contributed by atoms with E-state index in [-0.39, 0.29) is 12.3 Å². The highest BCUT2D eigenvalue weighted by atomic mass is 79.9. The van der Waals surface area contributed by atoms with Crippen molar-refractivity contribution < 1.29 is 15.0 Å². The number of rotatable bonds is 8. The number of halogens is 1. The van der Waals surface area contributed by atoms with Gasteiger partial charge in [-0.2, -0.15) is 0 Å². The third-order valence-corrected chi connectivity index (χ3v) is 5.71. The Balaban J connectivity index is 1.46. The average molecular weight is 383 g/mol. The lowest BCUT2D eigenvalue weighted by Crippen LogP contribution is -2.54. The first-order chi connectivity index (χ1) is 11.0. The van der Waals surface area contributed by atoms with Crippen LogP contribution < -0.4 is 5.32 Å². The summed E-state index contributed by atoms with van der Waals surface area (Å²) in [4.78, 5) is 13.2. The highest BCUT2D eigenvalue weighted by Gasteiger charge is 2.36. The van der Waals surface area contributed by atoms with E-state index in [2.05, 4.69) is 26.1 Å². The van der Waals surface area contributed by atoms with Gasteiger partial charge in [0.2, 0.25) is 0 Å². The molecule has 1 aromatic rings. The van der Waals surface area contributed by atoms with Crippen molar-refractivity contribution in [1.29, 1.82) is 0 Å². The zero-order valence-electron chi connectivity index (χ0n) is 13.0. The van der Waals surface area contributed by atoms with Gasteiger partial charge in [0.1, 0.15) is 5.75 Å². The van der Waals surface area contributed by atoms with E-state index in [1.807, 2.05) is 12.1 Å². The summed E-state index contributed by atoms with van der Waals surface area (Å²) in [5.41, 5.74) is 1.04. The third-order valence-electron chi connectivity index (χ3n) is 4.80. The average Bonchev–Trinajstić information content (AvgIpc) is 3.24. The minimum atomic E-state index is -0.731. The lowest BCUT2D eigenvalue weighted by atomic mass is 9.85. The van der Waals surface area contributed by atoms with E-state index in [9.17, 15) is 9.90 Å². The molecule has 2 aliphatic carbocycles. The van der Waals surface area contributed by atoms with E-state index >= 15 is 0 Å². The highest BCUT2D eigenvalue weighted by molar-refractivity contribution is 9.10. The zero-order valence-corrected chi connectivity index (χ0v) is 14.6. The highest BCUT2D eigenvalue weighted by Crippen LogP contribution is 2.34. The maximum absolute atomic E-state index is 11.0. The summed E-state index contributed by atoms with van der Waals surface area (Å²) in [6.45, 7) is 1.79. The van der Waals surface area contributed by atoms with Crippen LogP contribution in [-0.2, 0) is 11.3 Å². The predicted molar refractivity (Wildman–Crippen MR) is 91.4 cm³/mol. The van der Waals surface area contributed by atoms with Crippen LogP contribution in [0.5, 0.6) is 5.75 Å². The Labute approximate surface area is 144 Å². The molecule has 1 aromatic carbocycles. The number of phenolic OH excluding ortho intramolecular Hbond substituents is 1. The maximum atomic E-state index is 11.0. The number of nitrogens with zero attached hydrogens (tertiary/aromatic N) is 1. The number of hydrogen-bond acceptors (Lipinski definition) is 4. The molecule has 3 rings (SSSR count). The number of phenols is 1. The van der Waals surface area contributed by atoms with Gasteiger partial charge in [-0.25, -0.2) is 0 Å². The van der Waals surface area contributed by atoms with Crippen molar-refractivity contribution in [1.82, 2.24) is 10.2 Å². The molecule has 6 heteroatoms. The summed E-state index contributed by atoms with van der Waals surface area (Å²) < 4.78 is 0.740. The molecule has 2 fully saturated rings. The molecule has 3 N–H and O–H groups in total. The molecule has 2 aliphatic rings. The van der Waals surface area contributed by atoms with Crippen molar-refractivity contribution in [3.05, 3.63) is 28.2 Å². The van der Waals surface area contributed by atoms with Crippen LogP contribution in [0.2, 0.25) is 0 Å². The smallest absolute Gasteiger partial charge is 0.317 e. The molecular formula is C17H23BrN2O3. The number of benzene rings is 1. The Kier molecular flexibility index (Phi) is 5.24. The van der Waals surface area contributed by atoms with Gasteiger partial charge in [-0.15, -0.1) is 0 Å². The normalized spacial score (nSPS) is 23.7. The molecule has 0 amide bonds. The van der Waals surface area contributed by atoms with Crippen molar-refractivity contribution in [2.45, 2.75) is 44.3 Å². The second kappa shape index (κ2) is 7.20. The SMILES string of the molecule is O=C(O)CN(CC1CC1)C1CC(NCc2cccc(O)c2Br)C1. The third kappa shape index (κ3) is 4.46. The molecule has 0 atom stereocenters. The minimum Gasteiger partial charge on any atom is -0.507 e. The molecule has 23 heavy (non-hydrogen) atoms. The Morgan fingerprint density at radius 2 is 2.09 bits per heavy atom. The van der Waals surface area contributed by atoms with Crippen LogP contribution in [0.4, 0.5) is 0 Å². The van der Waals surface area contributed by atoms with Gasteiger partial charge in [-0.05, 0) is 59.2 Å². The van der Waals surface area contributed by atoms with Crippen molar-refractivity contribution in [3.63, 3.8) is 0 Å². The van der Waals surface area contributed by atoms with Crippen LogP contribution >= 0.6 is 15.9 Å². The number of hydrogen-bond donors (Lipinski definition) is 3. The van der Waals surface area contributed by atoms with E-state index in [1.54, 1.807) is 6.07 Å². The van der Waals surface area contributed by atoms with E-state index in [4.69, 9.17) is 5.11 Å². The topological polar surface area (TPSA) is 72.8 Å². The predicted octanol–water partition coefficient (Wildman–Crippen LogP) is 2.57. The number of carbonyl (C=O) groups is 1. The lowest BCUT2D eigenvalue weighted by molar-refractivity contribution is -0.139. The molecule has 0 aromatic heterocycles. The summed E-state index contributed by atoms with van der Waals surface area (Å²) in [5, 5.41) is 22.3. The van der Waals surface area contributed by atoms with Crippen LogP contribution in [0.1, 0.15) is 31.2 Å². The van der Waals surface area contributed by atoms with Crippen molar-refractivity contribution in [2.75, 3.05) is 13.1 Å². The molecule has 0 saturated heterocycles. The summed E-state index contributed by atoms with van der Waals surface area (Å²) in [7, 11) is 0. The van der Waals surface area contributed by atoms with Crippen molar-refractivity contribution in [3.8, 4) is 5.75 Å². The Morgan fingerprint density at radius 1 is 1.35 bits per heavy atom. The second-order valence-electron chi connectivity index (χ2n) is 6.72. The molecule has 0 unspecified atom stereocenters. The van der Waals surface area contributed by atoms with Crippen LogP contribution in [-0.4, -0.2) is 46.3 Å². The van der Waals surface area contributed by atoms with Crippen molar-refractivity contribution >= 4 is 21.9 Å². The lowest BCUT2D eigenvalue weighted by Gasteiger charge is -2.43. The Hall–Kier alpha value is -1.11. The fourth-order valence-electron chi connectivity index (χ4n) is 3.16. The molecular weight excluding hydrogens is 360 g/mol. The van der Waals surface area contributed by atoms with Gasteiger partial charge in [0.05, 0.1) is 11.0 Å². The fraction of sp³-hybridized carbons (Fsp3) is 0.588. The standard InChI is InChI=1S/C17H23BrN2O3/c18-17-12(2-1-3-15(17)21)8-19-13-6-14(7-13)20(10-16(22)23)9-11-4-5-11/h1-3,11,13-14,19,21H,4-10H2,(H,22,23). The number of nitrogens with one attached hydrogen (secondary N) is 1. The Bertz CT molecular complexity index is 571. The van der Waals surface area contributed by atoms with Gasteiger partial charge in [0.15, 0.2) is 0 Å². The summed E-state index contributed by atoms with van der Waals surface area (Å²) in [6, 6.07) is 6.29. The van der Waals surface area contributed by atoms with Crippen LogP contribution in [0.25, 0.3) is 0 Å². The molecule has 0 aliphatic heterocycles. The quantitative estimate of drug-likeness (QED) is 0.644. The van der Waals surface area contributed by atoms with Crippen LogP contribution in [0.3, 0.4) is 0 Å². The molecule has 2 saturated carbocycles. The van der Waals surface area contributed by atoms with Gasteiger partial charge >= 0.3 is 5.97 Å². The molecule has 0 radical (unpaired) electrons. The molecule has 0 heterocycles. The number of aromatic hydroxyl groups is 1. The first-order valence-corrected chi connectivity index (χ1v) is 8.98. The monoisotopic (exact) mass is 382 g/mol. The maximum Gasteiger partial charge on any atom is 0.317 e. The number of carboxylic acids is 1. The number of aliphatic carboxylic acids is 1. The van der Waals surface area contributed by atoms with E-state index in [0.29, 0.717) is 24.5 Å². The zero-order chi connectivity index (χ0) is 16.4. The van der Waals surface area contributed by atoms with E-state index in [1.165, 1.54) is 12.8 Å². The molecule has 0 spiro atoms. The summed E-state index contributed by atoms with van der Waals surface area (Å²) in [6.07, 6.45) is 4.49. The first kappa shape index (κ1) is 16.7. The molecule has 0 bridgehead atoms. The van der Waals surface area contributed by atoms with Crippen LogP contribution in [0, 0.1) is 5.92 Å². The van der Waals surface area contributed by atoms with E-state index in [0.717, 1.165) is 29.4 Å². The largest absolute Gasteiger partial charge is 0.507 e. The minimum absolute atomic E-state index is 0.159. The number of carboxylic acid groups (broad SMARTS) is 1. The second-order valence-corrected chi connectivity index (χ2v) is 7.51. The van der Waals surface area contributed by atoms with Crippen LogP contribution in [0.15, 0.2) is 22.7 Å². The summed E-state index contributed by atoms with van der Waals surface area (Å²) >= 11 is 3.40. The van der Waals surface area contributed by atoms with Gasteiger partial charge in [-0.3, -0.25) is 9.69 Å². The van der Waals surface area contributed by atoms with Gasteiger partial charge < -0.3 is 15.5 Å². The molecule has 126 valence electrons. The van der Waals surface area contributed by atoms with Gasteiger partial charge in [0.25, 0.3) is 0 Å².